The molecule has 0 aromatic carbocycles. The van der Waals surface area contributed by atoms with Gasteiger partial charge in [0.2, 0.25) is 5.91 Å². The van der Waals surface area contributed by atoms with Crippen molar-refractivity contribution in [2.75, 3.05) is 20.2 Å². The van der Waals surface area contributed by atoms with Crippen molar-refractivity contribution in [2.45, 2.75) is 45.1 Å². The average molecular weight is 256 g/mol. The van der Waals surface area contributed by atoms with Gasteiger partial charge in [0.05, 0.1) is 18.6 Å². The van der Waals surface area contributed by atoms with E-state index >= 15 is 0 Å². The monoisotopic (exact) mass is 256 g/mol. The third-order valence-electron chi connectivity index (χ3n) is 3.50. The minimum absolute atomic E-state index is 0.0575. The molecule has 1 aliphatic rings. The molecular formula is C13H24N2O3. The molecule has 0 saturated carbocycles. The van der Waals surface area contributed by atoms with Crippen LogP contribution >= 0.6 is 0 Å². The summed E-state index contributed by atoms with van der Waals surface area (Å²) in [6.07, 6.45) is 3.14. The lowest BCUT2D eigenvalue weighted by molar-refractivity contribution is -0.150. The second kappa shape index (κ2) is 6.18. The summed E-state index contributed by atoms with van der Waals surface area (Å²) in [5.41, 5.74) is 5.22. The Hall–Kier alpha value is -1.10. The molecule has 1 aliphatic heterocycles. The molecule has 0 radical (unpaired) electrons. The van der Waals surface area contributed by atoms with Crippen LogP contribution in [0.2, 0.25) is 0 Å². The van der Waals surface area contributed by atoms with Gasteiger partial charge in [-0.1, -0.05) is 13.3 Å². The zero-order chi connectivity index (χ0) is 13.8. The van der Waals surface area contributed by atoms with E-state index in [4.69, 9.17) is 10.5 Å². The van der Waals surface area contributed by atoms with Gasteiger partial charge >= 0.3 is 5.97 Å². The van der Waals surface area contributed by atoms with Crippen LogP contribution in [-0.2, 0) is 14.3 Å². The van der Waals surface area contributed by atoms with Gasteiger partial charge in [-0.3, -0.25) is 9.59 Å². The molecule has 1 saturated heterocycles. The fourth-order valence-corrected chi connectivity index (χ4v) is 2.51. The van der Waals surface area contributed by atoms with E-state index in [0.717, 1.165) is 19.3 Å². The highest BCUT2D eigenvalue weighted by atomic mass is 16.5. The summed E-state index contributed by atoms with van der Waals surface area (Å²) in [7, 11) is 1.38. The van der Waals surface area contributed by atoms with Gasteiger partial charge in [-0.2, -0.15) is 0 Å². The highest BCUT2D eigenvalue weighted by Crippen LogP contribution is 2.21. The van der Waals surface area contributed by atoms with E-state index in [-0.39, 0.29) is 17.8 Å². The van der Waals surface area contributed by atoms with Gasteiger partial charge in [-0.15, -0.1) is 0 Å². The lowest BCUT2D eigenvalue weighted by Crippen LogP contribution is -2.56. The van der Waals surface area contributed by atoms with Crippen LogP contribution in [0.15, 0.2) is 0 Å². The van der Waals surface area contributed by atoms with Gasteiger partial charge in [-0.25, -0.2) is 0 Å². The van der Waals surface area contributed by atoms with E-state index in [1.54, 1.807) is 11.8 Å². The maximum atomic E-state index is 12.3. The van der Waals surface area contributed by atoms with E-state index in [0.29, 0.717) is 19.5 Å². The molecule has 1 rings (SSSR count). The van der Waals surface area contributed by atoms with Gasteiger partial charge in [0, 0.05) is 13.1 Å². The van der Waals surface area contributed by atoms with E-state index in [2.05, 4.69) is 0 Å². The topological polar surface area (TPSA) is 72.6 Å². The van der Waals surface area contributed by atoms with Crippen LogP contribution in [0.3, 0.4) is 0 Å². The number of piperidine rings is 1. The molecule has 104 valence electrons. The smallest absolute Gasteiger partial charge is 0.310 e. The van der Waals surface area contributed by atoms with E-state index in [1.165, 1.54) is 7.11 Å². The zero-order valence-corrected chi connectivity index (χ0v) is 11.6. The van der Waals surface area contributed by atoms with Crippen LogP contribution in [0.25, 0.3) is 0 Å². The SMILES string of the molecule is CCCC(C)(N)C(=O)N1CCCC(C(=O)OC)C1. The van der Waals surface area contributed by atoms with Crippen molar-refractivity contribution in [3.8, 4) is 0 Å². The normalized spacial score (nSPS) is 23.3. The average Bonchev–Trinajstić information content (AvgIpc) is 2.37. The Kier molecular flexibility index (Phi) is 5.14. The third kappa shape index (κ3) is 3.45. The number of esters is 1. The number of hydrogen-bond acceptors (Lipinski definition) is 4. The fraction of sp³-hybridized carbons (Fsp3) is 0.846. The third-order valence-corrected chi connectivity index (χ3v) is 3.50. The molecule has 1 heterocycles. The largest absolute Gasteiger partial charge is 0.469 e. The number of amides is 1. The number of nitrogens with zero attached hydrogens (tertiary/aromatic N) is 1. The van der Waals surface area contributed by atoms with E-state index < -0.39 is 5.54 Å². The predicted octanol–water partition coefficient (Wildman–Crippen LogP) is 0.915. The summed E-state index contributed by atoms with van der Waals surface area (Å²) in [5.74, 6) is -0.496. The molecule has 2 N–H and O–H groups in total. The number of hydrogen-bond donors (Lipinski definition) is 1. The van der Waals surface area contributed by atoms with Crippen LogP contribution in [-0.4, -0.2) is 42.5 Å². The lowest BCUT2D eigenvalue weighted by Gasteiger charge is -2.36. The maximum Gasteiger partial charge on any atom is 0.310 e. The lowest BCUT2D eigenvalue weighted by atomic mass is 9.92. The van der Waals surface area contributed by atoms with Crippen LogP contribution in [0.5, 0.6) is 0 Å². The minimum Gasteiger partial charge on any atom is -0.469 e. The summed E-state index contributed by atoms with van der Waals surface area (Å²) in [6, 6.07) is 0. The quantitative estimate of drug-likeness (QED) is 0.759. The van der Waals surface area contributed by atoms with Gasteiger partial charge in [-0.05, 0) is 26.2 Å². The number of nitrogens with two attached hydrogens (primary N) is 1. The second-order valence-electron chi connectivity index (χ2n) is 5.28. The number of likely N-dealkylation sites (tertiary alicyclic amines) is 1. The Labute approximate surface area is 109 Å². The van der Waals surface area contributed by atoms with Crippen molar-refractivity contribution >= 4 is 11.9 Å². The molecule has 5 heteroatoms. The maximum absolute atomic E-state index is 12.3. The van der Waals surface area contributed by atoms with Crippen LogP contribution in [0.1, 0.15) is 39.5 Å². The molecule has 5 nitrogen and oxygen atoms in total. The first-order valence-corrected chi connectivity index (χ1v) is 6.58. The highest BCUT2D eigenvalue weighted by molar-refractivity contribution is 5.86. The van der Waals surface area contributed by atoms with Gasteiger partial charge < -0.3 is 15.4 Å². The molecule has 1 amide bonds. The fourth-order valence-electron chi connectivity index (χ4n) is 2.51. The summed E-state index contributed by atoms with van der Waals surface area (Å²) < 4.78 is 4.74. The first kappa shape index (κ1) is 15.0. The summed E-state index contributed by atoms with van der Waals surface area (Å²) in [6.45, 7) is 4.89. The molecule has 2 atom stereocenters. The molecule has 1 fully saturated rings. The first-order chi connectivity index (χ1) is 8.42. The van der Waals surface area contributed by atoms with E-state index in [9.17, 15) is 9.59 Å². The highest BCUT2D eigenvalue weighted by Gasteiger charge is 2.36. The van der Waals surface area contributed by atoms with E-state index in [1.807, 2.05) is 6.92 Å². The molecule has 18 heavy (non-hydrogen) atoms. The molecular weight excluding hydrogens is 232 g/mol. The Morgan fingerprint density at radius 2 is 2.17 bits per heavy atom. The minimum atomic E-state index is -0.827. The Balaban J connectivity index is 2.66. The summed E-state index contributed by atoms with van der Waals surface area (Å²) in [4.78, 5) is 25.5. The van der Waals surface area contributed by atoms with Crippen molar-refractivity contribution in [3.05, 3.63) is 0 Å². The molecule has 2 unspecified atom stereocenters. The standard InChI is InChI=1S/C13H24N2O3/c1-4-7-13(2,14)12(17)15-8-5-6-10(9-15)11(16)18-3/h10H,4-9,14H2,1-3H3. The summed E-state index contributed by atoms with van der Waals surface area (Å²) in [5, 5.41) is 0. The zero-order valence-electron chi connectivity index (χ0n) is 11.6. The number of rotatable bonds is 4. The number of carbonyl (C=O) groups is 2. The van der Waals surface area contributed by atoms with Crippen LogP contribution in [0.4, 0.5) is 0 Å². The Bertz CT molecular complexity index is 315. The number of methoxy groups -OCH3 is 1. The first-order valence-electron chi connectivity index (χ1n) is 6.58. The van der Waals surface area contributed by atoms with Crippen molar-refractivity contribution in [1.82, 2.24) is 4.90 Å². The van der Waals surface area contributed by atoms with Gasteiger partial charge in [0.1, 0.15) is 0 Å². The molecule has 0 spiro atoms. The van der Waals surface area contributed by atoms with Gasteiger partial charge in [0.15, 0.2) is 0 Å². The van der Waals surface area contributed by atoms with Crippen molar-refractivity contribution < 1.29 is 14.3 Å². The number of carbonyl (C=O) groups excluding carboxylic acids is 2. The van der Waals surface area contributed by atoms with Crippen molar-refractivity contribution in [1.29, 1.82) is 0 Å². The molecule has 0 bridgehead atoms. The molecule has 0 aliphatic carbocycles. The Morgan fingerprint density at radius 3 is 2.72 bits per heavy atom. The van der Waals surface area contributed by atoms with Crippen molar-refractivity contribution in [2.24, 2.45) is 11.7 Å². The summed E-state index contributed by atoms with van der Waals surface area (Å²) >= 11 is 0. The van der Waals surface area contributed by atoms with Gasteiger partial charge in [0.25, 0.3) is 0 Å². The second-order valence-corrected chi connectivity index (χ2v) is 5.28. The molecule has 0 aromatic heterocycles. The number of ether oxygens (including phenoxy) is 1. The Morgan fingerprint density at radius 1 is 1.50 bits per heavy atom. The van der Waals surface area contributed by atoms with Crippen LogP contribution < -0.4 is 5.73 Å². The van der Waals surface area contributed by atoms with Crippen LogP contribution in [0, 0.1) is 5.92 Å². The predicted molar refractivity (Wildman–Crippen MR) is 68.8 cm³/mol. The molecule has 0 aromatic rings. The van der Waals surface area contributed by atoms with Crippen molar-refractivity contribution in [3.63, 3.8) is 0 Å².